The maximum Gasteiger partial charge on any atom is 0.410 e. The quantitative estimate of drug-likeness (QED) is 0.776. The monoisotopic (exact) mass is 328 g/mol. The third kappa shape index (κ3) is 6.67. The highest BCUT2D eigenvalue weighted by Crippen LogP contribution is 2.21. The molecule has 1 fully saturated rings. The van der Waals surface area contributed by atoms with E-state index in [1.54, 1.807) is 9.80 Å². The Balaban J connectivity index is 2.56. The van der Waals surface area contributed by atoms with Gasteiger partial charge in [0.05, 0.1) is 0 Å². The Hall–Kier alpha value is -1.46. The molecule has 0 N–H and O–H groups in total. The Morgan fingerprint density at radius 2 is 1.48 bits per heavy atom. The van der Waals surface area contributed by atoms with Crippen LogP contribution in [0.3, 0.4) is 0 Å². The number of hydrogen-bond acceptors (Lipinski definition) is 4. The first-order chi connectivity index (χ1) is 10.4. The van der Waals surface area contributed by atoms with Crippen molar-refractivity contribution in [1.82, 2.24) is 9.80 Å². The van der Waals surface area contributed by atoms with Gasteiger partial charge in [-0.3, -0.25) is 0 Å². The molecule has 1 aliphatic rings. The standard InChI is InChI=1S/C17H32N2O4/c1-8-19(15(21)23-17(5,6)7)13-9-11-18(12-10-13)14(20)22-16(2,3)4/h13H,8-12H2,1-7H3. The Kier molecular flexibility index (Phi) is 6.31. The Bertz CT molecular complexity index is 415. The zero-order valence-electron chi connectivity index (χ0n) is 15.6. The van der Waals surface area contributed by atoms with Crippen molar-refractivity contribution in [2.75, 3.05) is 19.6 Å². The van der Waals surface area contributed by atoms with Crippen LogP contribution >= 0.6 is 0 Å². The van der Waals surface area contributed by atoms with Gasteiger partial charge in [-0.25, -0.2) is 9.59 Å². The van der Waals surface area contributed by atoms with E-state index in [9.17, 15) is 9.59 Å². The van der Waals surface area contributed by atoms with E-state index in [1.165, 1.54) is 0 Å². The van der Waals surface area contributed by atoms with Crippen LogP contribution in [0, 0.1) is 0 Å². The van der Waals surface area contributed by atoms with Gasteiger partial charge < -0.3 is 19.3 Å². The van der Waals surface area contributed by atoms with Gasteiger partial charge in [0, 0.05) is 25.7 Å². The van der Waals surface area contributed by atoms with Gasteiger partial charge in [-0.1, -0.05) is 0 Å². The summed E-state index contributed by atoms with van der Waals surface area (Å²) < 4.78 is 10.9. The van der Waals surface area contributed by atoms with Crippen LogP contribution in [0.2, 0.25) is 0 Å². The lowest BCUT2D eigenvalue weighted by Crippen LogP contribution is -2.50. The van der Waals surface area contributed by atoms with Crippen molar-refractivity contribution in [3.05, 3.63) is 0 Å². The van der Waals surface area contributed by atoms with Crippen molar-refractivity contribution in [2.24, 2.45) is 0 Å². The second kappa shape index (κ2) is 7.41. The largest absolute Gasteiger partial charge is 0.444 e. The van der Waals surface area contributed by atoms with E-state index >= 15 is 0 Å². The summed E-state index contributed by atoms with van der Waals surface area (Å²) in [4.78, 5) is 27.8. The summed E-state index contributed by atoms with van der Waals surface area (Å²) in [5.74, 6) is 0. The minimum atomic E-state index is -0.498. The van der Waals surface area contributed by atoms with E-state index in [4.69, 9.17) is 9.47 Å². The summed E-state index contributed by atoms with van der Waals surface area (Å²) >= 11 is 0. The van der Waals surface area contributed by atoms with Crippen LogP contribution in [-0.2, 0) is 9.47 Å². The smallest absolute Gasteiger partial charge is 0.410 e. The molecule has 23 heavy (non-hydrogen) atoms. The first-order valence-corrected chi connectivity index (χ1v) is 8.40. The molecule has 1 saturated heterocycles. The van der Waals surface area contributed by atoms with E-state index in [0.29, 0.717) is 19.6 Å². The number of piperidine rings is 1. The number of hydrogen-bond donors (Lipinski definition) is 0. The van der Waals surface area contributed by atoms with Gasteiger partial charge in [0.15, 0.2) is 0 Å². The number of amides is 2. The van der Waals surface area contributed by atoms with Crippen LogP contribution in [0.4, 0.5) is 9.59 Å². The molecule has 2 amide bonds. The zero-order chi connectivity index (χ0) is 17.8. The number of ether oxygens (including phenoxy) is 2. The van der Waals surface area contributed by atoms with Crippen molar-refractivity contribution in [3.8, 4) is 0 Å². The van der Waals surface area contributed by atoms with Crippen LogP contribution in [-0.4, -0.2) is 58.9 Å². The molecule has 0 aliphatic carbocycles. The molecule has 0 atom stereocenters. The van der Waals surface area contributed by atoms with E-state index < -0.39 is 11.2 Å². The molecule has 0 unspecified atom stereocenters. The summed E-state index contributed by atoms with van der Waals surface area (Å²) in [5.41, 5.74) is -0.985. The second-order valence-electron chi connectivity index (χ2n) is 7.96. The van der Waals surface area contributed by atoms with Gasteiger partial charge in [0.25, 0.3) is 0 Å². The van der Waals surface area contributed by atoms with Crippen molar-refractivity contribution in [2.45, 2.75) is 78.6 Å². The number of nitrogens with zero attached hydrogens (tertiary/aromatic N) is 2. The summed E-state index contributed by atoms with van der Waals surface area (Å²) in [5, 5.41) is 0. The van der Waals surface area contributed by atoms with E-state index in [2.05, 4.69) is 0 Å². The van der Waals surface area contributed by atoms with Crippen LogP contribution < -0.4 is 0 Å². The summed E-state index contributed by atoms with van der Waals surface area (Å²) in [6.45, 7) is 14.9. The predicted molar refractivity (Wildman–Crippen MR) is 89.4 cm³/mol. The van der Waals surface area contributed by atoms with Gasteiger partial charge in [0.2, 0.25) is 0 Å². The molecular formula is C17H32N2O4. The molecule has 134 valence electrons. The average Bonchev–Trinajstić information content (AvgIpc) is 2.36. The molecule has 0 spiro atoms. The minimum Gasteiger partial charge on any atom is -0.444 e. The van der Waals surface area contributed by atoms with Gasteiger partial charge in [-0.05, 0) is 61.3 Å². The summed E-state index contributed by atoms with van der Waals surface area (Å²) in [6, 6.07) is 0.105. The van der Waals surface area contributed by atoms with Crippen molar-refractivity contribution >= 4 is 12.2 Å². The molecule has 0 radical (unpaired) electrons. The number of likely N-dealkylation sites (tertiary alicyclic amines) is 1. The fourth-order valence-corrected chi connectivity index (χ4v) is 2.54. The Morgan fingerprint density at radius 1 is 1.00 bits per heavy atom. The Labute approximate surface area is 140 Å². The summed E-state index contributed by atoms with van der Waals surface area (Å²) in [6.07, 6.45) is 0.922. The number of carbonyl (C=O) groups excluding carboxylic acids is 2. The van der Waals surface area contributed by atoms with E-state index in [-0.39, 0.29) is 18.2 Å². The van der Waals surface area contributed by atoms with Crippen LogP contribution in [0.25, 0.3) is 0 Å². The van der Waals surface area contributed by atoms with Crippen molar-refractivity contribution in [3.63, 3.8) is 0 Å². The normalized spacial score (nSPS) is 16.9. The lowest BCUT2D eigenvalue weighted by Gasteiger charge is -2.38. The highest BCUT2D eigenvalue weighted by Gasteiger charge is 2.32. The molecule has 1 rings (SSSR count). The van der Waals surface area contributed by atoms with Crippen molar-refractivity contribution in [1.29, 1.82) is 0 Å². The lowest BCUT2D eigenvalue weighted by atomic mass is 10.0. The molecular weight excluding hydrogens is 296 g/mol. The molecule has 0 aromatic carbocycles. The van der Waals surface area contributed by atoms with Crippen LogP contribution in [0.1, 0.15) is 61.3 Å². The highest BCUT2D eigenvalue weighted by atomic mass is 16.6. The van der Waals surface area contributed by atoms with Gasteiger partial charge in [0.1, 0.15) is 11.2 Å². The molecule has 0 aromatic rings. The van der Waals surface area contributed by atoms with Crippen molar-refractivity contribution < 1.29 is 19.1 Å². The average molecular weight is 328 g/mol. The molecule has 1 heterocycles. The fraction of sp³-hybridized carbons (Fsp3) is 0.882. The molecule has 0 bridgehead atoms. The molecule has 0 saturated carbocycles. The lowest BCUT2D eigenvalue weighted by molar-refractivity contribution is 0.00154. The first-order valence-electron chi connectivity index (χ1n) is 8.40. The first kappa shape index (κ1) is 19.6. The molecule has 6 heteroatoms. The Morgan fingerprint density at radius 3 is 1.87 bits per heavy atom. The maximum absolute atomic E-state index is 12.3. The molecule has 1 aliphatic heterocycles. The van der Waals surface area contributed by atoms with Gasteiger partial charge >= 0.3 is 12.2 Å². The number of carbonyl (C=O) groups is 2. The number of rotatable bonds is 2. The maximum atomic E-state index is 12.3. The summed E-state index contributed by atoms with van der Waals surface area (Å²) in [7, 11) is 0. The van der Waals surface area contributed by atoms with Gasteiger partial charge in [-0.2, -0.15) is 0 Å². The van der Waals surface area contributed by atoms with E-state index in [0.717, 1.165) is 12.8 Å². The van der Waals surface area contributed by atoms with Gasteiger partial charge in [-0.15, -0.1) is 0 Å². The predicted octanol–water partition coefficient (Wildman–Crippen LogP) is 3.64. The third-order valence-corrected chi connectivity index (χ3v) is 3.53. The molecule has 0 aromatic heterocycles. The van der Waals surface area contributed by atoms with Crippen LogP contribution in [0.15, 0.2) is 0 Å². The zero-order valence-corrected chi connectivity index (χ0v) is 15.6. The SMILES string of the molecule is CCN(C(=O)OC(C)(C)C)C1CCN(C(=O)OC(C)(C)C)CC1. The second-order valence-corrected chi connectivity index (χ2v) is 7.96. The molecule has 6 nitrogen and oxygen atoms in total. The fourth-order valence-electron chi connectivity index (χ4n) is 2.54. The third-order valence-electron chi connectivity index (χ3n) is 3.53. The van der Waals surface area contributed by atoms with Crippen LogP contribution in [0.5, 0.6) is 0 Å². The topological polar surface area (TPSA) is 59.1 Å². The minimum absolute atomic E-state index is 0.105. The van der Waals surface area contributed by atoms with E-state index in [1.807, 2.05) is 48.5 Å². The highest BCUT2D eigenvalue weighted by molar-refractivity contribution is 5.69.